The summed E-state index contributed by atoms with van der Waals surface area (Å²) >= 11 is 2.29. The lowest BCUT2D eigenvalue weighted by molar-refractivity contribution is 0.0972. The highest BCUT2D eigenvalue weighted by Crippen LogP contribution is 2.28. The quantitative estimate of drug-likeness (QED) is 0.768. The van der Waals surface area contributed by atoms with Gasteiger partial charge in [-0.1, -0.05) is 42.5 Å². The second-order valence-corrected chi connectivity index (χ2v) is 7.30. The summed E-state index contributed by atoms with van der Waals surface area (Å²) in [4.78, 5) is 2.39. The van der Waals surface area contributed by atoms with Crippen molar-refractivity contribution in [2.24, 2.45) is 0 Å². The van der Waals surface area contributed by atoms with Crippen molar-refractivity contribution in [1.82, 2.24) is 4.90 Å². The van der Waals surface area contributed by atoms with E-state index < -0.39 is 0 Å². The van der Waals surface area contributed by atoms with Crippen LogP contribution in [-0.4, -0.2) is 29.6 Å². The number of benzene rings is 2. The van der Waals surface area contributed by atoms with Crippen LogP contribution in [0.5, 0.6) is 0 Å². The van der Waals surface area contributed by atoms with Crippen LogP contribution in [-0.2, 0) is 0 Å². The van der Waals surface area contributed by atoms with Crippen LogP contribution in [0.25, 0.3) is 0 Å². The fraction of sp³-hybridized carbons (Fsp3) is 0.368. The highest BCUT2D eigenvalue weighted by atomic mass is 127. The molecule has 116 valence electrons. The summed E-state index contributed by atoms with van der Waals surface area (Å²) in [6.07, 6.45) is 1.98. The Bertz CT molecular complexity index is 576. The fourth-order valence-electron chi connectivity index (χ4n) is 3.21. The molecule has 1 N–H and O–H groups in total. The van der Waals surface area contributed by atoms with Gasteiger partial charge in [-0.2, -0.15) is 0 Å². The zero-order valence-corrected chi connectivity index (χ0v) is 14.8. The molecule has 0 amide bonds. The smallest absolute Gasteiger partial charge is 0.0916 e. The number of rotatable bonds is 4. The van der Waals surface area contributed by atoms with E-state index in [-0.39, 0.29) is 6.10 Å². The molecule has 3 rings (SSSR count). The first-order valence-electron chi connectivity index (χ1n) is 7.93. The molecule has 0 aliphatic carbocycles. The zero-order valence-electron chi connectivity index (χ0n) is 12.7. The highest BCUT2D eigenvalue weighted by molar-refractivity contribution is 14.1. The molecule has 0 radical (unpaired) electrons. The van der Waals surface area contributed by atoms with Gasteiger partial charge in [-0.05, 0) is 77.7 Å². The Balaban J connectivity index is 1.52. The molecule has 1 aliphatic rings. The Labute approximate surface area is 146 Å². The molecular weight excluding hydrogens is 385 g/mol. The van der Waals surface area contributed by atoms with E-state index >= 15 is 0 Å². The van der Waals surface area contributed by atoms with Crippen molar-refractivity contribution < 1.29 is 5.11 Å². The molecule has 1 atom stereocenters. The Morgan fingerprint density at radius 1 is 1.00 bits per heavy atom. The summed E-state index contributed by atoms with van der Waals surface area (Å²) in [6.45, 7) is 2.88. The highest BCUT2D eigenvalue weighted by Gasteiger charge is 2.22. The van der Waals surface area contributed by atoms with Crippen LogP contribution < -0.4 is 0 Å². The van der Waals surface area contributed by atoms with Gasteiger partial charge in [0.25, 0.3) is 0 Å². The number of nitrogens with zero attached hydrogens (tertiary/aromatic N) is 1. The lowest BCUT2D eigenvalue weighted by Crippen LogP contribution is -2.36. The van der Waals surface area contributed by atoms with Gasteiger partial charge in [0.1, 0.15) is 0 Å². The van der Waals surface area contributed by atoms with Gasteiger partial charge in [-0.15, -0.1) is 0 Å². The van der Waals surface area contributed by atoms with Crippen molar-refractivity contribution in [3.63, 3.8) is 0 Å². The SMILES string of the molecule is OC(CN1CCC(c2ccccc2)CC1)c1ccc(I)cc1. The van der Waals surface area contributed by atoms with Crippen molar-refractivity contribution in [3.8, 4) is 0 Å². The van der Waals surface area contributed by atoms with Crippen molar-refractivity contribution in [3.05, 3.63) is 69.3 Å². The van der Waals surface area contributed by atoms with Crippen LogP contribution in [0.3, 0.4) is 0 Å². The van der Waals surface area contributed by atoms with Gasteiger partial charge in [-0.25, -0.2) is 0 Å². The minimum Gasteiger partial charge on any atom is -0.387 e. The van der Waals surface area contributed by atoms with E-state index in [1.54, 1.807) is 0 Å². The van der Waals surface area contributed by atoms with Crippen LogP contribution in [0.15, 0.2) is 54.6 Å². The first-order chi connectivity index (χ1) is 10.7. The number of hydrogen-bond acceptors (Lipinski definition) is 2. The Morgan fingerprint density at radius 3 is 2.27 bits per heavy atom. The predicted octanol–water partition coefficient (Wildman–Crippen LogP) is 4.20. The maximum absolute atomic E-state index is 10.4. The predicted molar refractivity (Wildman–Crippen MR) is 99.0 cm³/mol. The van der Waals surface area contributed by atoms with E-state index in [9.17, 15) is 5.11 Å². The molecule has 2 aromatic carbocycles. The molecule has 0 bridgehead atoms. The maximum atomic E-state index is 10.4. The van der Waals surface area contributed by atoms with Gasteiger partial charge >= 0.3 is 0 Å². The molecule has 1 fully saturated rings. The molecule has 0 spiro atoms. The molecule has 2 aromatic rings. The standard InChI is InChI=1S/C19H22INO/c20-18-8-6-17(7-9-18)19(22)14-21-12-10-16(11-13-21)15-4-2-1-3-5-15/h1-9,16,19,22H,10-14H2. The molecule has 1 heterocycles. The zero-order chi connectivity index (χ0) is 15.4. The largest absolute Gasteiger partial charge is 0.387 e. The molecule has 0 aromatic heterocycles. The van der Waals surface area contributed by atoms with Crippen LogP contribution in [0, 0.1) is 3.57 Å². The molecule has 0 saturated carbocycles. The van der Waals surface area contributed by atoms with E-state index in [1.165, 1.54) is 22.0 Å². The van der Waals surface area contributed by atoms with Crippen LogP contribution in [0.4, 0.5) is 0 Å². The topological polar surface area (TPSA) is 23.5 Å². The number of hydrogen-bond donors (Lipinski definition) is 1. The van der Waals surface area contributed by atoms with Gasteiger partial charge in [0.2, 0.25) is 0 Å². The third kappa shape index (κ3) is 4.09. The third-order valence-corrected chi connectivity index (χ3v) is 5.26. The summed E-state index contributed by atoms with van der Waals surface area (Å²) < 4.78 is 1.21. The second-order valence-electron chi connectivity index (χ2n) is 6.05. The first-order valence-corrected chi connectivity index (χ1v) is 9.01. The number of aliphatic hydroxyl groups excluding tert-OH is 1. The van der Waals surface area contributed by atoms with Gasteiger partial charge in [0.05, 0.1) is 6.10 Å². The van der Waals surface area contributed by atoms with E-state index in [0.717, 1.165) is 25.2 Å². The molecule has 1 unspecified atom stereocenters. The Hall–Kier alpha value is -0.910. The molecule has 22 heavy (non-hydrogen) atoms. The number of piperidine rings is 1. The minimum atomic E-state index is -0.384. The van der Waals surface area contributed by atoms with E-state index in [2.05, 4.69) is 70.0 Å². The summed E-state index contributed by atoms with van der Waals surface area (Å²) in [7, 11) is 0. The van der Waals surface area contributed by atoms with Gasteiger partial charge in [0.15, 0.2) is 0 Å². The summed E-state index contributed by atoms with van der Waals surface area (Å²) in [5, 5.41) is 10.4. The third-order valence-electron chi connectivity index (χ3n) is 4.54. The average molecular weight is 407 g/mol. The Morgan fingerprint density at radius 2 is 1.64 bits per heavy atom. The van der Waals surface area contributed by atoms with Crippen molar-refractivity contribution in [2.45, 2.75) is 24.9 Å². The van der Waals surface area contributed by atoms with Gasteiger partial charge < -0.3 is 10.0 Å². The lowest BCUT2D eigenvalue weighted by Gasteiger charge is -2.33. The van der Waals surface area contributed by atoms with Crippen LogP contribution in [0.1, 0.15) is 36.0 Å². The van der Waals surface area contributed by atoms with E-state index in [4.69, 9.17) is 0 Å². The lowest BCUT2D eigenvalue weighted by atomic mass is 9.89. The van der Waals surface area contributed by atoms with Crippen LogP contribution in [0.2, 0.25) is 0 Å². The fourth-order valence-corrected chi connectivity index (χ4v) is 3.57. The molecule has 1 aliphatic heterocycles. The maximum Gasteiger partial charge on any atom is 0.0916 e. The average Bonchev–Trinajstić information content (AvgIpc) is 2.57. The second kappa shape index (κ2) is 7.57. The van der Waals surface area contributed by atoms with Crippen molar-refractivity contribution >= 4 is 22.6 Å². The number of halogens is 1. The minimum absolute atomic E-state index is 0.384. The summed E-state index contributed by atoms with van der Waals surface area (Å²) in [6, 6.07) is 19.0. The normalized spacial score (nSPS) is 18.3. The molecule has 3 heteroatoms. The van der Waals surface area contributed by atoms with Gasteiger partial charge in [-0.3, -0.25) is 0 Å². The molecular formula is C19H22INO. The summed E-state index contributed by atoms with van der Waals surface area (Å²) in [5.41, 5.74) is 2.48. The number of aliphatic hydroxyl groups is 1. The number of likely N-dealkylation sites (tertiary alicyclic amines) is 1. The first kappa shape index (κ1) is 16.0. The van der Waals surface area contributed by atoms with E-state index in [0.29, 0.717) is 5.92 Å². The van der Waals surface area contributed by atoms with Crippen molar-refractivity contribution in [2.75, 3.05) is 19.6 Å². The van der Waals surface area contributed by atoms with Crippen molar-refractivity contribution in [1.29, 1.82) is 0 Å². The van der Waals surface area contributed by atoms with Crippen LogP contribution >= 0.6 is 22.6 Å². The molecule has 2 nitrogen and oxygen atoms in total. The number of β-amino-alcohol motifs (C(OH)–C–C–N with tert-alkyl or cyclic N) is 1. The van der Waals surface area contributed by atoms with Gasteiger partial charge in [0, 0.05) is 10.1 Å². The Kier molecular flexibility index (Phi) is 5.50. The van der Waals surface area contributed by atoms with E-state index in [1.807, 2.05) is 12.1 Å². The molecule has 1 saturated heterocycles. The summed E-state index contributed by atoms with van der Waals surface area (Å²) in [5.74, 6) is 0.674. The monoisotopic (exact) mass is 407 g/mol.